The molecule has 0 aliphatic carbocycles. The smallest absolute Gasteiger partial charge is 0.286 e. The minimum Gasteiger partial charge on any atom is -0.540 e. The van der Waals surface area contributed by atoms with Crippen molar-refractivity contribution in [1.82, 2.24) is 4.90 Å². The third kappa shape index (κ3) is 7.08. The first-order chi connectivity index (χ1) is 18.3. The number of carbonyl (C=O) groups is 1. The van der Waals surface area contributed by atoms with Crippen molar-refractivity contribution in [2.75, 3.05) is 20.3 Å². The average molecular weight is 597 g/mol. The second-order valence-electron chi connectivity index (χ2n) is 13.6. The quantitative estimate of drug-likeness (QED) is 0.164. The minimum atomic E-state index is -2.45. The van der Waals surface area contributed by atoms with E-state index >= 15 is 0 Å². The van der Waals surface area contributed by atoms with Crippen LogP contribution in [0.1, 0.15) is 85.5 Å². The van der Waals surface area contributed by atoms with Gasteiger partial charge in [0, 0.05) is 12.6 Å². The molecule has 0 bridgehead atoms. The number of hydrogen-bond donors (Lipinski definition) is 1. The summed E-state index contributed by atoms with van der Waals surface area (Å²) in [5, 5.41) is 22.7. The van der Waals surface area contributed by atoms with Gasteiger partial charge >= 0.3 is 0 Å². The van der Waals surface area contributed by atoms with Gasteiger partial charge in [0.1, 0.15) is 5.56 Å². The highest BCUT2D eigenvalue weighted by atomic mass is 28.4. The zero-order chi connectivity index (χ0) is 30.8. The summed E-state index contributed by atoms with van der Waals surface area (Å²) in [5.74, 6) is 0.145. The van der Waals surface area contributed by atoms with Crippen molar-refractivity contribution >= 4 is 28.2 Å². The van der Waals surface area contributed by atoms with E-state index in [0.29, 0.717) is 24.3 Å². The summed E-state index contributed by atoms with van der Waals surface area (Å²) in [7, 11) is -3.08. The molecule has 1 amide bonds. The summed E-state index contributed by atoms with van der Waals surface area (Å²) in [6, 6.07) is 2.42. The van der Waals surface area contributed by atoms with Crippen LogP contribution in [-0.4, -0.2) is 69.9 Å². The maximum atomic E-state index is 14.0. The molecule has 0 radical (unpaired) electrons. The van der Waals surface area contributed by atoms with E-state index in [2.05, 4.69) is 75.4 Å². The fraction of sp³-hybridized carbons (Fsp3) is 0.759. The van der Waals surface area contributed by atoms with Crippen molar-refractivity contribution in [3.63, 3.8) is 0 Å². The Labute approximate surface area is 243 Å². The number of piperidine rings is 1. The van der Waals surface area contributed by atoms with Gasteiger partial charge < -0.3 is 23.6 Å². The summed E-state index contributed by atoms with van der Waals surface area (Å²) >= 11 is 0. The van der Waals surface area contributed by atoms with Crippen molar-refractivity contribution in [3.05, 3.63) is 27.8 Å². The molecule has 0 aromatic heterocycles. The minimum absolute atomic E-state index is 0.0163. The Balaban J connectivity index is 2.55. The Morgan fingerprint density at radius 3 is 2.10 bits per heavy atom. The van der Waals surface area contributed by atoms with Crippen LogP contribution in [0.25, 0.3) is 0 Å². The summed E-state index contributed by atoms with van der Waals surface area (Å²) in [5.41, 5.74) is 0.390. The molecule has 9 nitrogen and oxygen atoms in total. The number of hydrogen-bond acceptors (Lipinski definition) is 7. The normalized spacial score (nSPS) is 18.9. The third-order valence-corrected chi connectivity index (χ3v) is 19.6. The molecule has 1 aliphatic rings. The number of aliphatic hydroxyl groups excluding tert-OH is 1. The molecule has 1 heterocycles. The molecule has 1 aromatic rings. The summed E-state index contributed by atoms with van der Waals surface area (Å²) < 4.78 is 18.8. The monoisotopic (exact) mass is 596 g/mol. The lowest BCUT2D eigenvalue weighted by Crippen LogP contribution is -2.52. The van der Waals surface area contributed by atoms with E-state index in [0.717, 1.165) is 0 Å². The van der Waals surface area contributed by atoms with E-state index in [1.54, 1.807) is 4.90 Å². The molecule has 1 aromatic carbocycles. The zero-order valence-corrected chi connectivity index (χ0v) is 28.7. The molecule has 2 atom stereocenters. The van der Waals surface area contributed by atoms with Crippen LogP contribution >= 0.6 is 0 Å². The largest absolute Gasteiger partial charge is 0.540 e. The van der Waals surface area contributed by atoms with Crippen molar-refractivity contribution in [2.45, 2.75) is 122 Å². The zero-order valence-electron chi connectivity index (χ0n) is 26.7. The Hall–Kier alpha value is -1.96. The first-order valence-corrected chi connectivity index (χ1v) is 19.5. The number of nitro groups is 1. The van der Waals surface area contributed by atoms with Gasteiger partial charge in [-0.05, 0) is 47.6 Å². The van der Waals surface area contributed by atoms with E-state index in [1.165, 1.54) is 19.2 Å². The standard InChI is InChI=1S/C29H52N2O7Si2/c1-19(2)40(20(3)4,21(5)6)38-27-17-25(31(34)35)24(16-26(27)36-10)28(33)30-14-13-23(32)15-22(30)18-37-39(11,12)29(7,8)9/h16-17,19-23,32H,13-15,18H2,1-12H3/t22-,23+/m0/s1. The molecule has 1 aliphatic heterocycles. The van der Waals surface area contributed by atoms with Crippen LogP contribution in [0.2, 0.25) is 34.8 Å². The van der Waals surface area contributed by atoms with E-state index < -0.39 is 39.6 Å². The van der Waals surface area contributed by atoms with Gasteiger partial charge in [0.15, 0.2) is 19.8 Å². The SMILES string of the molecule is COc1cc(C(=O)N2CC[C@@H](O)C[C@H]2CO[Si](C)(C)C(C)(C)C)c([N+](=O)[O-])cc1O[Si](C(C)C)(C(C)C)C(C)C. The molecule has 228 valence electrons. The lowest BCUT2D eigenvalue weighted by atomic mass is 9.98. The number of nitrogens with zero attached hydrogens (tertiary/aromatic N) is 2. The molecule has 2 rings (SSSR count). The molecule has 11 heteroatoms. The Bertz CT molecular complexity index is 1030. The van der Waals surface area contributed by atoms with Crippen molar-refractivity contribution in [3.8, 4) is 11.5 Å². The fourth-order valence-electron chi connectivity index (χ4n) is 5.79. The number of aliphatic hydroxyl groups is 1. The Kier molecular flexibility index (Phi) is 11.1. The van der Waals surface area contributed by atoms with Gasteiger partial charge in [-0.15, -0.1) is 0 Å². The van der Waals surface area contributed by atoms with Crippen molar-refractivity contribution < 1.29 is 28.4 Å². The fourth-order valence-corrected chi connectivity index (χ4v) is 12.1. The summed E-state index contributed by atoms with van der Waals surface area (Å²) in [4.78, 5) is 27.4. The predicted octanol–water partition coefficient (Wildman–Crippen LogP) is 7.15. The first kappa shape index (κ1) is 34.2. The molecule has 40 heavy (non-hydrogen) atoms. The second kappa shape index (κ2) is 12.9. The third-order valence-electron chi connectivity index (χ3n) is 9.09. The number of likely N-dealkylation sites (tertiary alicyclic amines) is 1. The number of rotatable bonds is 11. The van der Waals surface area contributed by atoms with Gasteiger partial charge in [-0.25, -0.2) is 0 Å². The number of carbonyl (C=O) groups excluding carboxylic acids is 1. The molecule has 0 unspecified atom stereocenters. The number of amides is 1. The summed E-state index contributed by atoms with van der Waals surface area (Å²) in [6.45, 7) is 24.1. The highest BCUT2D eigenvalue weighted by Gasteiger charge is 2.48. The van der Waals surface area contributed by atoms with Crippen LogP contribution < -0.4 is 9.16 Å². The van der Waals surface area contributed by atoms with E-state index in [1.807, 2.05) is 0 Å². The molecule has 0 saturated carbocycles. The molecule has 1 fully saturated rings. The molecular weight excluding hydrogens is 544 g/mol. The Morgan fingerprint density at radius 1 is 1.10 bits per heavy atom. The maximum absolute atomic E-state index is 14.0. The van der Waals surface area contributed by atoms with E-state index in [4.69, 9.17) is 13.6 Å². The van der Waals surface area contributed by atoms with Gasteiger partial charge in [0.2, 0.25) is 0 Å². The van der Waals surface area contributed by atoms with Crippen LogP contribution in [-0.2, 0) is 4.43 Å². The number of ether oxygens (including phenoxy) is 1. The highest BCUT2D eigenvalue weighted by Crippen LogP contribution is 2.46. The maximum Gasteiger partial charge on any atom is 0.286 e. The van der Waals surface area contributed by atoms with Crippen LogP contribution in [0.15, 0.2) is 12.1 Å². The van der Waals surface area contributed by atoms with Crippen LogP contribution in [0.4, 0.5) is 5.69 Å². The Morgan fingerprint density at radius 2 is 1.65 bits per heavy atom. The van der Waals surface area contributed by atoms with Gasteiger partial charge in [0.05, 0.1) is 36.9 Å². The lowest BCUT2D eigenvalue weighted by Gasteiger charge is -2.42. The van der Waals surface area contributed by atoms with Gasteiger partial charge in [0.25, 0.3) is 19.9 Å². The molecule has 1 N–H and O–H groups in total. The number of methoxy groups -OCH3 is 1. The first-order valence-electron chi connectivity index (χ1n) is 14.5. The second-order valence-corrected chi connectivity index (χ2v) is 23.8. The van der Waals surface area contributed by atoms with Crippen LogP contribution in [0, 0.1) is 10.1 Å². The average Bonchev–Trinajstić information content (AvgIpc) is 2.83. The predicted molar refractivity (Wildman–Crippen MR) is 165 cm³/mol. The van der Waals surface area contributed by atoms with E-state index in [-0.39, 0.29) is 46.1 Å². The van der Waals surface area contributed by atoms with Crippen LogP contribution in [0.3, 0.4) is 0 Å². The van der Waals surface area contributed by atoms with Gasteiger partial charge in [-0.2, -0.15) is 0 Å². The number of benzene rings is 1. The number of nitro benzene ring substituents is 1. The van der Waals surface area contributed by atoms with E-state index in [9.17, 15) is 20.0 Å². The summed E-state index contributed by atoms with van der Waals surface area (Å²) in [6.07, 6.45) is 0.205. The van der Waals surface area contributed by atoms with Crippen LogP contribution in [0.5, 0.6) is 11.5 Å². The molecule has 0 spiro atoms. The molecular formula is C29H52N2O7Si2. The lowest BCUT2D eigenvalue weighted by molar-refractivity contribution is -0.385. The van der Waals surface area contributed by atoms with Crippen molar-refractivity contribution in [2.24, 2.45) is 0 Å². The van der Waals surface area contributed by atoms with Crippen molar-refractivity contribution in [1.29, 1.82) is 0 Å². The molecule has 1 saturated heterocycles. The topological polar surface area (TPSA) is 111 Å². The highest BCUT2D eigenvalue weighted by molar-refractivity contribution is 6.78. The van der Waals surface area contributed by atoms with Gasteiger partial charge in [-0.3, -0.25) is 14.9 Å². The van der Waals surface area contributed by atoms with Gasteiger partial charge in [-0.1, -0.05) is 62.3 Å².